The summed E-state index contributed by atoms with van der Waals surface area (Å²) in [4.78, 5) is 4.52. The molecule has 0 fully saturated rings. The molecule has 1 heterocycles. The number of phenolic OH excluding ortho intramolecular Hbond substituents is 1. The second-order valence-electron chi connectivity index (χ2n) is 4.19. The van der Waals surface area contributed by atoms with Gasteiger partial charge in [-0.1, -0.05) is 42.5 Å². The van der Waals surface area contributed by atoms with E-state index in [2.05, 4.69) is 4.99 Å². The average molecular weight is 239 g/mol. The molecule has 0 unspecified atom stereocenters. The molecule has 2 aromatic carbocycles. The maximum absolute atomic E-state index is 9.77. The van der Waals surface area contributed by atoms with Gasteiger partial charge in [0, 0.05) is 0 Å². The molecule has 0 amide bonds. The van der Waals surface area contributed by atoms with Gasteiger partial charge in [-0.25, -0.2) is 4.99 Å². The van der Waals surface area contributed by atoms with Gasteiger partial charge >= 0.3 is 0 Å². The molecular formula is C15H13NO2. The molecule has 1 N–H and O–H groups in total. The zero-order chi connectivity index (χ0) is 12.4. The number of hydrogen-bond donors (Lipinski definition) is 1. The van der Waals surface area contributed by atoms with E-state index in [-0.39, 0.29) is 11.8 Å². The second kappa shape index (κ2) is 4.53. The van der Waals surface area contributed by atoms with Gasteiger partial charge in [-0.2, -0.15) is 0 Å². The Kier molecular flexibility index (Phi) is 2.73. The maximum Gasteiger partial charge on any atom is 0.220 e. The third-order valence-electron chi connectivity index (χ3n) is 2.97. The van der Waals surface area contributed by atoms with E-state index in [1.807, 2.05) is 42.5 Å². The lowest BCUT2D eigenvalue weighted by molar-refractivity contribution is 0.318. The van der Waals surface area contributed by atoms with Gasteiger partial charge in [0.15, 0.2) is 0 Å². The quantitative estimate of drug-likeness (QED) is 0.875. The lowest BCUT2D eigenvalue weighted by Crippen LogP contribution is -2.01. The summed E-state index contributed by atoms with van der Waals surface area (Å²) in [6.07, 6.45) is 0. The first-order valence-electron chi connectivity index (χ1n) is 5.88. The minimum atomic E-state index is 0.0146. The highest BCUT2D eigenvalue weighted by Gasteiger charge is 2.22. The van der Waals surface area contributed by atoms with Gasteiger partial charge in [0.1, 0.15) is 18.4 Å². The van der Waals surface area contributed by atoms with Gasteiger partial charge < -0.3 is 9.84 Å². The summed E-state index contributed by atoms with van der Waals surface area (Å²) >= 11 is 0. The largest absolute Gasteiger partial charge is 0.507 e. The van der Waals surface area contributed by atoms with E-state index in [0.29, 0.717) is 18.1 Å². The van der Waals surface area contributed by atoms with Crippen molar-refractivity contribution in [1.29, 1.82) is 0 Å². The van der Waals surface area contributed by atoms with Gasteiger partial charge in [0.2, 0.25) is 5.90 Å². The summed E-state index contributed by atoms with van der Waals surface area (Å²) in [5.74, 6) is 0.715. The first-order chi connectivity index (χ1) is 8.84. The highest BCUT2D eigenvalue weighted by molar-refractivity contribution is 5.97. The molecule has 3 heteroatoms. The normalized spacial score (nSPS) is 18.2. The Bertz CT molecular complexity index is 578. The highest BCUT2D eigenvalue weighted by Crippen LogP contribution is 2.27. The summed E-state index contributed by atoms with van der Waals surface area (Å²) in [6, 6.07) is 17.1. The van der Waals surface area contributed by atoms with E-state index >= 15 is 0 Å². The Labute approximate surface area is 105 Å². The van der Waals surface area contributed by atoms with E-state index in [0.717, 1.165) is 5.56 Å². The van der Waals surface area contributed by atoms with Crippen LogP contribution in [0.25, 0.3) is 0 Å². The topological polar surface area (TPSA) is 41.8 Å². The predicted octanol–water partition coefficient (Wildman–Crippen LogP) is 2.91. The molecule has 90 valence electrons. The molecule has 0 aliphatic carbocycles. The van der Waals surface area contributed by atoms with Crippen LogP contribution in [0.2, 0.25) is 0 Å². The van der Waals surface area contributed by atoms with E-state index in [4.69, 9.17) is 4.74 Å². The Morgan fingerprint density at radius 2 is 1.72 bits per heavy atom. The number of aliphatic imine (C=N–C) groups is 1. The Morgan fingerprint density at radius 1 is 1.00 bits per heavy atom. The van der Waals surface area contributed by atoms with Gasteiger partial charge in [0.05, 0.1) is 5.56 Å². The van der Waals surface area contributed by atoms with Crippen LogP contribution in [0.4, 0.5) is 0 Å². The summed E-state index contributed by atoms with van der Waals surface area (Å²) in [7, 11) is 0. The molecule has 1 atom stereocenters. The summed E-state index contributed by atoms with van der Waals surface area (Å²) in [5.41, 5.74) is 1.78. The number of nitrogens with zero attached hydrogens (tertiary/aromatic N) is 1. The first kappa shape index (κ1) is 10.8. The van der Waals surface area contributed by atoms with E-state index in [9.17, 15) is 5.11 Å². The summed E-state index contributed by atoms with van der Waals surface area (Å²) in [6.45, 7) is 0.522. The molecule has 0 spiro atoms. The van der Waals surface area contributed by atoms with Crippen molar-refractivity contribution >= 4 is 5.90 Å². The predicted molar refractivity (Wildman–Crippen MR) is 69.8 cm³/mol. The van der Waals surface area contributed by atoms with Crippen LogP contribution < -0.4 is 0 Å². The number of ether oxygens (including phenoxy) is 1. The lowest BCUT2D eigenvalue weighted by atomic mass is 10.1. The number of hydrogen-bond acceptors (Lipinski definition) is 3. The van der Waals surface area contributed by atoms with Crippen LogP contribution in [0, 0.1) is 0 Å². The maximum atomic E-state index is 9.77. The van der Waals surface area contributed by atoms with Crippen LogP contribution in [0.15, 0.2) is 59.6 Å². The molecule has 3 nitrogen and oxygen atoms in total. The van der Waals surface area contributed by atoms with Gasteiger partial charge in [-0.05, 0) is 17.7 Å². The van der Waals surface area contributed by atoms with Crippen molar-refractivity contribution < 1.29 is 9.84 Å². The molecule has 0 aromatic heterocycles. The standard InChI is InChI=1S/C15H13NO2/c17-14-9-5-4-8-12(14)15-16-13(10-18-15)11-6-2-1-3-7-11/h1-9,13,17H,10H2/t13-/m1/s1. The lowest BCUT2D eigenvalue weighted by Gasteiger charge is -2.03. The minimum absolute atomic E-state index is 0.0146. The highest BCUT2D eigenvalue weighted by atomic mass is 16.5. The van der Waals surface area contributed by atoms with Crippen molar-refractivity contribution in [1.82, 2.24) is 0 Å². The Balaban J connectivity index is 1.91. The molecule has 1 aliphatic heterocycles. The fourth-order valence-corrected chi connectivity index (χ4v) is 2.02. The van der Waals surface area contributed by atoms with Crippen LogP contribution in [0.5, 0.6) is 5.75 Å². The average Bonchev–Trinajstić information content (AvgIpc) is 2.90. The number of aromatic hydroxyl groups is 1. The van der Waals surface area contributed by atoms with Crippen molar-refractivity contribution in [3.63, 3.8) is 0 Å². The third-order valence-corrected chi connectivity index (χ3v) is 2.97. The van der Waals surface area contributed by atoms with Crippen LogP contribution in [0.1, 0.15) is 17.2 Å². The van der Waals surface area contributed by atoms with Crippen LogP contribution >= 0.6 is 0 Å². The fraction of sp³-hybridized carbons (Fsp3) is 0.133. The van der Waals surface area contributed by atoms with Crippen molar-refractivity contribution in [3.05, 3.63) is 65.7 Å². The molecular weight excluding hydrogens is 226 g/mol. The SMILES string of the molecule is Oc1ccccc1C1=N[C@@H](c2ccccc2)CO1. The smallest absolute Gasteiger partial charge is 0.220 e. The van der Waals surface area contributed by atoms with E-state index < -0.39 is 0 Å². The molecule has 0 saturated heterocycles. The zero-order valence-corrected chi connectivity index (χ0v) is 9.78. The summed E-state index contributed by atoms with van der Waals surface area (Å²) < 4.78 is 5.58. The number of para-hydroxylation sites is 1. The fourth-order valence-electron chi connectivity index (χ4n) is 2.02. The van der Waals surface area contributed by atoms with Crippen LogP contribution in [-0.2, 0) is 4.74 Å². The van der Waals surface area contributed by atoms with Crippen molar-refractivity contribution in [3.8, 4) is 5.75 Å². The number of benzene rings is 2. The molecule has 2 aromatic rings. The number of rotatable bonds is 2. The molecule has 3 rings (SSSR count). The monoisotopic (exact) mass is 239 g/mol. The molecule has 0 bridgehead atoms. The first-order valence-corrected chi connectivity index (χ1v) is 5.88. The molecule has 1 aliphatic rings. The van der Waals surface area contributed by atoms with E-state index in [1.165, 1.54) is 0 Å². The Hall–Kier alpha value is -2.29. The molecule has 18 heavy (non-hydrogen) atoms. The zero-order valence-electron chi connectivity index (χ0n) is 9.78. The van der Waals surface area contributed by atoms with Crippen molar-refractivity contribution in [2.24, 2.45) is 4.99 Å². The van der Waals surface area contributed by atoms with Crippen molar-refractivity contribution in [2.75, 3.05) is 6.61 Å². The van der Waals surface area contributed by atoms with E-state index in [1.54, 1.807) is 12.1 Å². The van der Waals surface area contributed by atoms with Gasteiger partial charge in [-0.3, -0.25) is 0 Å². The number of phenols is 1. The Morgan fingerprint density at radius 3 is 2.50 bits per heavy atom. The second-order valence-corrected chi connectivity index (χ2v) is 4.19. The minimum Gasteiger partial charge on any atom is -0.507 e. The van der Waals surface area contributed by atoms with Crippen LogP contribution in [0.3, 0.4) is 0 Å². The molecule has 0 saturated carbocycles. The van der Waals surface area contributed by atoms with Crippen LogP contribution in [-0.4, -0.2) is 17.6 Å². The summed E-state index contributed by atoms with van der Waals surface area (Å²) in [5, 5.41) is 9.77. The molecule has 0 radical (unpaired) electrons. The van der Waals surface area contributed by atoms with Crippen molar-refractivity contribution in [2.45, 2.75) is 6.04 Å². The third kappa shape index (κ3) is 1.95. The van der Waals surface area contributed by atoms with Gasteiger partial charge in [-0.15, -0.1) is 0 Å². The van der Waals surface area contributed by atoms with Gasteiger partial charge in [0.25, 0.3) is 0 Å².